The first kappa shape index (κ1) is 19.0. The zero-order valence-corrected chi connectivity index (χ0v) is 15.2. The molecule has 1 aromatic heterocycles. The van der Waals surface area contributed by atoms with Crippen LogP contribution in [0.2, 0.25) is 0 Å². The maximum absolute atomic E-state index is 12.3. The molecule has 1 atom stereocenters. The summed E-state index contributed by atoms with van der Waals surface area (Å²) in [6, 6.07) is 1.35. The Hall–Kier alpha value is -2.75. The van der Waals surface area contributed by atoms with E-state index in [1.54, 1.807) is 0 Å². The quantitative estimate of drug-likeness (QED) is 0.731. The van der Waals surface area contributed by atoms with Gasteiger partial charge in [0.2, 0.25) is 11.9 Å². The molecule has 2 fully saturated rings. The average molecular weight is 377 g/mol. The summed E-state index contributed by atoms with van der Waals surface area (Å²) >= 11 is 0. The van der Waals surface area contributed by atoms with E-state index in [0.717, 1.165) is 0 Å². The van der Waals surface area contributed by atoms with Crippen LogP contribution in [0.1, 0.15) is 29.8 Å². The summed E-state index contributed by atoms with van der Waals surface area (Å²) in [5.74, 6) is -1.91. The lowest BCUT2D eigenvalue weighted by Crippen LogP contribution is -2.61. The van der Waals surface area contributed by atoms with Crippen LogP contribution in [0.5, 0.6) is 0 Å². The molecular weight excluding hydrogens is 354 g/mol. The van der Waals surface area contributed by atoms with E-state index in [1.807, 2.05) is 11.9 Å². The van der Waals surface area contributed by atoms with Crippen molar-refractivity contribution in [3.8, 4) is 0 Å². The van der Waals surface area contributed by atoms with E-state index in [1.165, 1.54) is 17.2 Å². The highest BCUT2D eigenvalue weighted by Gasteiger charge is 2.43. The lowest BCUT2D eigenvalue weighted by atomic mass is 9.86. The van der Waals surface area contributed by atoms with Gasteiger partial charge in [-0.3, -0.25) is 14.5 Å². The molecule has 27 heavy (non-hydrogen) atoms. The number of nitrogens with zero attached hydrogens (tertiary/aromatic N) is 5. The molecule has 0 radical (unpaired) electrons. The molecule has 2 N–H and O–H groups in total. The van der Waals surface area contributed by atoms with Gasteiger partial charge in [-0.15, -0.1) is 0 Å². The van der Waals surface area contributed by atoms with E-state index in [0.29, 0.717) is 45.0 Å². The van der Waals surface area contributed by atoms with Gasteiger partial charge in [0.05, 0.1) is 0 Å². The van der Waals surface area contributed by atoms with Crippen molar-refractivity contribution in [1.82, 2.24) is 19.8 Å². The molecule has 2 saturated heterocycles. The van der Waals surface area contributed by atoms with Crippen LogP contribution >= 0.6 is 0 Å². The van der Waals surface area contributed by atoms with Crippen molar-refractivity contribution in [2.45, 2.75) is 24.8 Å². The number of piperazine rings is 1. The molecule has 146 valence electrons. The number of carboxylic acid groups (broad SMARTS) is 2. The monoisotopic (exact) mass is 377 g/mol. The van der Waals surface area contributed by atoms with Crippen molar-refractivity contribution >= 4 is 23.8 Å². The standard InChI is InChI=1S/C17H23N5O5/c1-20-8-9-22(16-18-6-3-12(19-16)15(26)27)11-17(20)4-2-13(23)21(7-5-17)10-14(24)25/h3,6H,2,4-5,7-11H2,1H3,(H,24,25)(H,26,27). The Bertz CT molecular complexity index is 757. The number of carbonyl (C=O) groups is 3. The second-order valence-corrected chi connectivity index (χ2v) is 7.07. The lowest BCUT2D eigenvalue weighted by Gasteiger charge is -2.49. The number of rotatable bonds is 4. The van der Waals surface area contributed by atoms with Crippen LogP contribution in [0.15, 0.2) is 12.3 Å². The topological polar surface area (TPSA) is 127 Å². The third-order valence-corrected chi connectivity index (χ3v) is 5.48. The molecule has 0 saturated carbocycles. The van der Waals surface area contributed by atoms with Crippen molar-refractivity contribution in [1.29, 1.82) is 0 Å². The molecule has 2 aliphatic rings. The van der Waals surface area contributed by atoms with Gasteiger partial charge in [0.25, 0.3) is 0 Å². The number of hydrogen-bond donors (Lipinski definition) is 2. The number of anilines is 1. The van der Waals surface area contributed by atoms with Crippen LogP contribution in [0, 0.1) is 0 Å². The average Bonchev–Trinajstić information content (AvgIpc) is 2.78. The van der Waals surface area contributed by atoms with Gasteiger partial charge in [0.1, 0.15) is 6.54 Å². The molecule has 1 unspecified atom stereocenters. The summed E-state index contributed by atoms with van der Waals surface area (Å²) < 4.78 is 0. The van der Waals surface area contributed by atoms with Crippen LogP contribution in [-0.4, -0.2) is 93.1 Å². The SMILES string of the molecule is CN1CCN(c2nccc(C(=O)O)n2)CC12CCC(=O)N(CC(=O)O)CC2. The first-order valence-electron chi connectivity index (χ1n) is 8.83. The molecule has 1 amide bonds. The second-order valence-electron chi connectivity index (χ2n) is 7.07. The fourth-order valence-electron chi connectivity index (χ4n) is 3.81. The van der Waals surface area contributed by atoms with Crippen molar-refractivity contribution in [3.63, 3.8) is 0 Å². The number of carbonyl (C=O) groups excluding carboxylic acids is 1. The van der Waals surface area contributed by atoms with Gasteiger partial charge in [-0.05, 0) is 26.0 Å². The first-order chi connectivity index (χ1) is 12.8. The fraction of sp³-hybridized carbons (Fsp3) is 0.588. The zero-order chi connectivity index (χ0) is 19.6. The van der Waals surface area contributed by atoms with E-state index in [4.69, 9.17) is 10.2 Å². The summed E-state index contributed by atoms with van der Waals surface area (Å²) in [6.45, 7) is 2.01. The third kappa shape index (κ3) is 4.00. The maximum atomic E-state index is 12.3. The van der Waals surface area contributed by atoms with Gasteiger partial charge in [-0.2, -0.15) is 0 Å². The minimum atomic E-state index is -1.10. The van der Waals surface area contributed by atoms with Gasteiger partial charge in [0, 0.05) is 44.3 Å². The zero-order valence-electron chi connectivity index (χ0n) is 15.2. The summed E-state index contributed by atoms with van der Waals surface area (Å²) in [5, 5.41) is 18.2. The number of aromatic carboxylic acids is 1. The molecule has 1 spiro atoms. The van der Waals surface area contributed by atoms with Crippen LogP contribution in [0.25, 0.3) is 0 Å². The number of likely N-dealkylation sites (tertiary alicyclic amines) is 1. The van der Waals surface area contributed by atoms with Crippen LogP contribution in [0.4, 0.5) is 5.95 Å². The maximum Gasteiger partial charge on any atom is 0.354 e. The predicted molar refractivity (Wildman–Crippen MR) is 94.6 cm³/mol. The molecule has 3 heterocycles. The van der Waals surface area contributed by atoms with E-state index < -0.39 is 11.9 Å². The van der Waals surface area contributed by atoms with Gasteiger partial charge in [0.15, 0.2) is 5.69 Å². The van der Waals surface area contributed by atoms with Crippen LogP contribution < -0.4 is 4.90 Å². The normalized spacial score (nSPS) is 24.1. The number of amides is 1. The van der Waals surface area contributed by atoms with Gasteiger partial charge in [-0.25, -0.2) is 14.8 Å². The summed E-state index contributed by atoms with van der Waals surface area (Å²) in [5.41, 5.74) is -0.374. The summed E-state index contributed by atoms with van der Waals surface area (Å²) in [6.07, 6.45) is 2.95. The molecule has 10 heteroatoms. The Morgan fingerprint density at radius 3 is 2.70 bits per heavy atom. The molecule has 3 rings (SSSR count). The summed E-state index contributed by atoms with van der Waals surface area (Å²) in [7, 11) is 2.00. The van der Waals surface area contributed by atoms with Gasteiger partial charge < -0.3 is 20.0 Å². The van der Waals surface area contributed by atoms with E-state index >= 15 is 0 Å². The molecule has 0 bridgehead atoms. The lowest BCUT2D eigenvalue weighted by molar-refractivity contribution is -0.144. The number of hydrogen-bond acceptors (Lipinski definition) is 7. The molecule has 1 aromatic rings. The van der Waals surface area contributed by atoms with Crippen molar-refractivity contribution < 1.29 is 24.6 Å². The van der Waals surface area contributed by atoms with Crippen molar-refractivity contribution in [2.75, 3.05) is 44.7 Å². The molecule has 10 nitrogen and oxygen atoms in total. The molecule has 0 aliphatic carbocycles. The minimum Gasteiger partial charge on any atom is -0.480 e. The molecular formula is C17H23N5O5. The highest BCUT2D eigenvalue weighted by Crippen LogP contribution is 2.33. The Morgan fingerprint density at radius 2 is 2.00 bits per heavy atom. The Balaban J connectivity index is 1.80. The largest absolute Gasteiger partial charge is 0.480 e. The van der Waals surface area contributed by atoms with E-state index in [9.17, 15) is 14.4 Å². The summed E-state index contributed by atoms with van der Waals surface area (Å²) in [4.78, 5) is 48.4. The highest BCUT2D eigenvalue weighted by atomic mass is 16.4. The molecule has 2 aliphatic heterocycles. The van der Waals surface area contributed by atoms with Crippen LogP contribution in [0.3, 0.4) is 0 Å². The number of aliphatic carboxylic acids is 1. The van der Waals surface area contributed by atoms with E-state index in [2.05, 4.69) is 14.9 Å². The van der Waals surface area contributed by atoms with Crippen molar-refractivity contribution in [3.05, 3.63) is 18.0 Å². The first-order valence-corrected chi connectivity index (χ1v) is 8.83. The number of aromatic nitrogens is 2. The molecule has 0 aromatic carbocycles. The Kier molecular flexibility index (Phi) is 5.26. The van der Waals surface area contributed by atoms with Gasteiger partial charge >= 0.3 is 11.9 Å². The van der Waals surface area contributed by atoms with Crippen LogP contribution in [-0.2, 0) is 9.59 Å². The number of carboxylic acids is 2. The minimum absolute atomic E-state index is 0.0587. The Labute approximate surface area is 156 Å². The predicted octanol–water partition coefficient (Wildman–Crippen LogP) is -0.237. The van der Waals surface area contributed by atoms with Crippen molar-refractivity contribution in [2.24, 2.45) is 0 Å². The highest BCUT2D eigenvalue weighted by molar-refractivity contribution is 5.85. The fourth-order valence-corrected chi connectivity index (χ4v) is 3.81. The van der Waals surface area contributed by atoms with Gasteiger partial charge in [-0.1, -0.05) is 0 Å². The third-order valence-electron chi connectivity index (χ3n) is 5.48. The van der Waals surface area contributed by atoms with E-state index in [-0.39, 0.29) is 30.1 Å². The Morgan fingerprint density at radius 1 is 1.22 bits per heavy atom. The number of likely N-dealkylation sites (N-methyl/N-ethyl adjacent to an activating group) is 1. The smallest absolute Gasteiger partial charge is 0.354 e. The second kappa shape index (κ2) is 7.47.